The number of aromatic hydroxyl groups is 1. The first kappa shape index (κ1) is 80.7. The quantitative estimate of drug-likeness (QED) is 0.0170. The Morgan fingerprint density at radius 3 is 1.35 bits per heavy atom. The summed E-state index contributed by atoms with van der Waals surface area (Å²) in [4.78, 5) is 205. The topological polar surface area (TPSA) is 600 Å². The smallest absolute Gasteiger partial charge is 0.326 e. The maximum atomic E-state index is 14.4. The molecule has 0 heterocycles. The van der Waals surface area contributed by atoms with Crippen LogP contribution >= 0.6 is 0 Å². The van der Waals surface area contributed by atoms with Crippen molar-refractivity contribution in [2.75, 3.05) is 13.1 Å². The molecule has 36 nitrogen and oxygen atoms in total. The number of carbonyl (C=O) groups is 15. The highest BCUT2D eigenvalue weighted by atomic mass is 16.4. The Morgan fingerprint density at radius 2 is 0.898 bits per heavy atom. The molecule has 0 unspecified atom stereocenters. The van der Waals surface area contributed by atoms with Gasteiger partial charge in [-0.25, -0.2) is 4.79 Å². The average Bonchev–Trinajstić information content (AvgIpc) is 0.859. The van der Waals surface area contributed by atoms with Crippen molar-refractivity contribution in [3.8, 4) is 5.75 Å². The molecule has 13 atom stereocenters. The Hall–Kier alpha value is -9.74. The van der Waals surface area contributed by atoms with E-state index in [0.717, 1.165) is 6.92 Å². The Kier molecular flexibility index (Phi) is 36.4. The number of carboxylic acids is 4. The number of amides is 11. The number of phenols is 1. The van der Waals surface area contributed by atoms with E-state index in [-0.39, 0.29) is 63.3 Å². The predicted octanol–water partition coefficient (Wildman–Crippen LogP) is -3.70. The summed E-state index contributed by atoms with van der Waals surface area (Å²) < 4.78 is 22.0. The van der Waals surface area contributed by atoms with Crippen molar-refractivity contribution in [3.05, 3.63) is 29.8 Å². The second-order valence-electron chi connectivity index (χ2n) is 24.4. The molecule has 1 rings (SSSR count). The van der Waals surface area contributed by atoms with Crippen LogP contribution in [0.5, 0.6) is 5.75 Å². The maximum absolute atomic E-state index is 14.4. The van der Waals surface area contributed by atoms with Gasteiger partial charge in [0.2, 0.25) is 65.0 Å². The molecular weight excluding hydrogens is 1290 g/mol. The lowest BCUT2D eigenvalue weighted by atomic mass is 9.96. The van der Waals surface area contributed by atoms with Gasteiger partial charge in [0.1, 0.15) is 72.2 Å². The molecule has 11 amide bonds. The van der Waals surface area contributed by atoms with E-state index in [2.05, 4.69) is 58.2 Å². The highest BCUT2D eigenvalue weighted by molar-refractivity contribution is 6.00. The molecule has 0 saturated carbocycles. The number of aliphatic hydroxyl groups is 1. The predicted molar refractivity (Wildman–Crippen MR) is 351 cm³/mol. The molecule has 550 valence electrons. The van der Waals surface area contributed by atoms with Crippen molar-refractivity contribution in [3.63, 3.8) is 0 Å². The number of nitrogens with one attached hydrogen (secondary N) is 11. The van der Waals surface area contributed by atoms with Crippen LogP contribution in [0.1, 0.15) is 155 Å². The number of benzene rings is 1. The largest absolute Gasteiger partial charge is 0.508 e. The zero-order chi connectivity index (χ0) is 77.2. The van der Waals surface area contributed by atoms with E-state index in [0.29, 0.717) is 18.4 Å². The lowest BCUT2D eigenvalue weighted by Crippen LogP contribution is -2.61. The van der Waals surface area contributed by atoms with Gasteiger partial charge < -0.3 is 106 Å². The number of rotatable bonds is 47. The molecule has 36 heteroatoms. The van der Waals surface area contributed by atoms with Crippen molar-refractivity contribution in [1.29, 1.82) is 0 Å². The van der Waals surface area contributed by atoms with Gasteiger partial charge in [-0.3, -0.25) is 72.1 Å². The Bertz CT molecular complexity index is 3050. The van der Waals surface area contributed by atoms with Gasteiger partial charge >= 0.3 is 23.9 Å². The molecule has 1 aromatic rings. The van der Waals surface area contributed by atoms with Crippen LogP contribution in [0, 0.1) is 17.8 Å². The fourth-order valence-electron chi connectivity index (χ4n) is 9.53. The van der Waals surface area contributed by atoms with E-state index in [1.165, 1.54) is 31.2 Å². The van der Waals surface area contributed by atoms with E-state index in [9.17, 15) is 103 Å². The standard InChI is InChI=1S/C62H101N15O21/c1-10-32(6)49(59(95)67-33(7)51(87)73-44(28-36-16-18-37(80)19-17-36)56(92)74-42(26-30(2)3)55(91)72-41(61(97)98)14-11-12-24-63)77-58(94)43(27-31(4)5)75-57(93)45(29-48(85)86)76-54(90)39(20-22-46(81)82)70-52(88)38(15-13-25-66-62(64)65)69-53(89)40(21-23-47(83)84)71-60(96)50(34(8)78)68-35(9)79/h16-19,30-34,38-45,49-50,78,80H,10-15,20-29,63H2,1-9H3,(H,67,95)(H,68,79)(H,69,89)(H,70,88)(H,71,96)(H,72,91)(H,73,87)(H,74,92)(H,75,93)(H,76,90)(H,77,94)(H,81,82)(H,83,84)(H,85,86)(H,97,98)(H4,64,65,66)/t32-,33-,34+,38-,39-,40-,41-,42-,43-,44-,45-,49-,50-/m0/s1/i9D3. The molecule has 0 aliphatic carbocycles. The normalized spacial score (nSPS) is 15.7. The van der Waals surface area contributed by atoms with Crippen LogP contribution in [0.4, 0.5) is 0 Å². The molecule has 0 aliphatic rings. The van der Waals surface area contributed by atoms with Gasteiger partial charge in [-0.2, -0.15) is 0 Å². The summed E-state index contributed by atoms with van der Waals surface area (Å²) in [6.45, 7) is 9.03. The van der Waals surface area contributed by atoms with E-state index in [1.54, 1.807) is 46.9 Å². The Balaban J connectivity index is 3.67. The first-order valence-corrected chi connectivity index (χ1v) is 32.0. The molecule has 98 heavy (non-hydrogen) atoms. The summed E-state index contributed by atoms with van der Waals surface area (Å²) in [5.41, 5.74) is 16.9. The third-order valence-corrected chi connectivity index (χ3v) is 15.0. The van der Waals surface area contributed by atoms with Crippen molar-refractivity contribution in [2.24, 2.45) is 39.9 Å². The highest BCUT2D eigenvalue weighted by Gasteiger charge is 2.38. The van der Waals surface area contributed by atoms with E-state index in [4.69, 9.17) is 21.3 Å². The van der Waals surface area contributed by atoms with Crippen LogP contribution in [0.2, 0.25) is 0 Å². The molecular formula is C62H101N15O21. The van der Waals surface area contributed by atoms with Crippen molar-refractivity contribution in [2.45, 2.75) is 225 Å². The molecule has 0 saturated heterocycles. The minimum atomic E-state index is -3.31. The number of phenolic OH excluding ortho intramolecular Hbond substituents is 1. The first-order valence-electron chi connectivity index (χ1n) is 33.5. The molecule has 0 fully saturated rings. The number of unbranched alkanes of at least 4 members (excludes halogenated alkanes) is 1. The second kappa shape index (κ2) is 44.2. The van der Waals surface area contributed by atoms with Crippen LogP contribution < -0.4 is 75.7 Å². The first-order chi connectivity index (χ1) is 47.0. The monoisotopic (exact) mass is 1390 g/mol. The van der Waals surface area contributed by atoms with Gasteiger partial charge in [0.25, 0.3) is 0 Å². The Morgan fingerprint density at radius 1 is 0.480 bits per heavy atom. The van der Waals surface area contributed by atoms with Crippen LogP contribution in [0.25, 0.3) is 0 Å². The summed E-state index contributed by atoms with van der Waals surface area (Å²) in [6, 6.07) is -12.9. The highest BCUT2D eigenvalue weighted by Crippen LogP contribution is 2.16. The molecule has 0 bridgehead atoms. The second-order valence-corrected chi connectivity index (χ2v) is 24.4. The number of aliphatic imine (C=N–C) groups is 1. The number of hydrogen-bond acceptors (Lipinski definition) is 19. The number of aliphatic carboxylic acids is 4. The van der Waals surface area contributed by atoms with E-state index in [1.807, 2.05) is 0 Å². The minimum Gasteiger partial charge on any atom is -0.508 e. The number of aliphatic hydroxyl groups excluding tert-OH is 1. The zero-order valence-corrected chi connectivity index (χ0v) is 56.3. The number of nitrogens with two attached hydrogens (primary N) is 3. The summed E-state index contributed by atoms with van der Waals surface area (Å²) in [6.07, 6.45) is -6.02. The summed E-state index contributed by atoms with van der Waals surface area (Å²) in [5.74, 6) is -20.9. The third kappa shape index (κ3) is 33.8. The van der Waals surface area contributed by atoms with Crippen LogP contribution in [-0.4, -0.2) is 211 Å². The van der Waals surface area contributed by atoms with Crippen molar-refractivity contribution >= 4 is 94.8 Å². The van der Waals surface area contributed by atoms with Crippen LogP contribution in [0.3, 0.4) is 0 Å². The van der Waals surface area contributed by atoms with Gasteiger partial charge in [-0.1, -0.05) is 60.1 Å². The van der Waals surface area contributed by atoms with Crippen LogP contribution in [0.15, 0.2) is 29.3 Å². The van der Waals surface area contributed by atoms with Gasteiger partial charge in [-0.05, 0) is 114 Å². The maximum Gasteiger partial charge on any atom is 0.326 e. The van der Waals surface area contributed by atoms with E-state index < -0.39 is 225 Å². The lowest BCUT2D eigenvalue weighted by molar-refractivity contribution is -0.143. The van der Waals surface area contributed by atoms with Gasteiger partial charge in [0, 0.05) is 36.8 Å². The number of carbonyl (C=O) groups excluding carboxylic acids is 11. The zero-order valence-electron chi connectivity index (χ0n) is 59.3. The summed E-state index contributed by atoms with van der Waals surface area (Å²) in [5, 5.41) is 85.0. The Labute approximate surface area is 571 Å². The van der Waals surface area contributed by atoms with Crippen molar-refractivity contribution in [1.82, 2.24) is 58.5 Å². The summed E-state index contributed by atoms with van der Waals surface area (Å²) in [7, 11) is 0. The van der Waals surface area contributed by atoms with Gasteiger partial charge in [0.05, 0.1) is 12.5 Å². The van der Waals surface area contributed by atoms with Gasteiger partial charge in [0.15, 0.2) is 5.96 Å². The lowest BCUT2D eigenvalue weighted by Gasteiger charge is -2.29. The SMILES string of the molecule is [2H]C([2H])([2H])C(=O)N[C@H](C(=O)N[C@@H](CCC(=O)O)C(=O)N[C@@H](CCCN=C(N)N)C(=O)N[C@@H](CCC(=O)O)C(=O)N[C@@H](CC(=O)O)C(=O)N[C@@H](CC(C)C)C(=O)N[C@H](C(=O)N[C@@H](C)C(=O)N[C@@H](Cc1ccc(O)cc1)C(=O)N[C@@H](CC(C)C)C(=O)N[C@@H](CCCCN)C(=O)O)[C@@H](C)CC)[C@@H](C)O. The number of nitrogens with zero attached hydrogens (tertiary/aromatic N) is 1. The van der Waals surface area contributed by atoms with Gasteiger partial charge in [-0.15, -0.1) is 0 Å². The fourth-order valence-corrected chi connectivity index (χ4v) is 9.53. The number of guanidine groups is 1. The molecule has 0 aromatic heterocycles. The van der Waals surface area contributed by atoms with E-state index >= 15 is 0 Å². The molecule has 23 N–H and O–H groups in total. The van der Waals surface area contributed by atoms with Crippen molar-refractivity contribution < 1.29 is 107 Å². The summed E-state index contributed by atoms with van der Waals surface area (Å²) >= 11 is 0. The molecule has 0 aliphatic heterocycles. The molecule has 1 aromatic carbocycles. The average molecular weight is 1400 g/mol. The molecule has 0 spiro atoms. The number of hydrogen-bond donors (Lipinski definition) is 20. The minimum absolute atomic E-state index is 0.0396. The number of carboxylic acid groups (broad SMARTS) is 4. The van der Waals surface area contributed by atoms with Crippen LogP contribution in [-0.2, 0) is 78.3 Å². The molecule has 0 radical (unpaired) electrons. The fraction of sp³-hybridized carbons (Fsp3) is 0.645. The third-order valence-electron chi connectivity index (χ3n) is 15.0.